The van der Waals surface area contributed by atoms with E-state index >= 15 is 0 Å². The SMILES string of the molecule is CCOC(=O)c1ccc(CNC(CC)CO)o1. The number of hydrogen-bond donors (Lipinski definition) is 2. The molecule has 1 heterocycles. The summed E-state index contributed by atoms with van der Waals surface area (Å²) in [4.78, 5) is 11.3. The Morgan fingerprint density at radius 1 is 1.53 bits per heavy atom. The first kappa shape index (κ1) is 13.7. The highest BCUT2D eigenvalue weighted by Crippen LogP contribution is 2.09. The van der Waals surface area contributed by atoms with E-state index in [0.717, 1.165) is 6.42 Å². The molecule has 0 aliphatic rings. The fourth-order valence-electron chi connectivity index (χ4n) is 1.37. The zero-order valence-corrected chi connectivity index (χ0v) is 10.2. The van der Waals surface area contributed by atoms with Crippen molar-refractivity contribution in [3.05, 3.63) is 23.7 Å². The molecular formula is C12H19NO4. The summed E-state index contributed by atoms with van der Waals surface area (Å²) in [6.45, 7) is 4.63. The fourth-order valence-corrected chi connectivity index (χ4v) is 1.37. The van der Waals surface area contributed by atoms with Crippen molar-refractivity contribution in [3.63, 3.8) is 0 Å². The lowest BCUT2D eigenvalue weighted by atomic mass is 10.2. The lowest BCUT2D eigenvalue weighted by Crippen LogP contribution is -2.30. The van der Waals surface area contributed by atoms with Crippen molar-refractivity contribution in [3.8, 4) is 0 Å². The molecule has 0 fully saturated rings. The first-order chi connectivity index (χ1) is 8.21. The van der Waals surface area contributed by atoms with Gasteiger partial charge in [-0.3, -0.25) is 0 Å². The molecule has 1 aromatic heterocycles. The molecule has 5 heteroatoms. The van der Waals surface area contributed by atoms with E-state index in [-0.39, 0.29) is 18.4 Å². The molecule has 17 heavy (non-hydrogen) atoms. The molecule has 0 aliphatic heterocycles. The Bertz CT molecular complexity index is 344. The quantitative estimate of drug-likeness (QED) is 0.704. The Labute approximate surface area is 101 Å². The number of hydrogen-bond acceptors (Lipinski definition) is 5. The van der Waals surface area contributed by atoms with Crippen LogP contribution in [0.4, 0.5) is 0 Å². The van der Waals surface area contributed by atoms with E-state index in [4.69, 9.17) is 14.3 Å². The molecule has 0 saturated heterocycles. The Kier molecular flexibility index (Phi) is 5.72. The van der Waals surface area contributed by atoms with E-state index in [1.165, 1.54) is 0 Å². The van der Waals surface area contributed by atoms with Crippen LogP contribution in [0.25, 0.3) is 0 Å². The van der Waals surface area contributed by atoms with Crippen molar-refractivity contribution in [2.75, 3.05) is 13.2 Å². The number of carbonyl (C=O) groups is 1. The van der Waals surface area contributed by atoms with Gasteiger partial charge >= 0.3 is 5.97 Å². The number of ether oxygens (including phenoxy) is 1. The summed E-state index contributed by atoms with van der Waals surface area (Å²) in [5.74, 6) is 0.411. The van der Waals surface area contributed by atoms with Gasteiger partial charge in [0.05, 0.1) is 19.8 Å². The number of aliphatic hydroxyl groups excluding tert-OH is 1. The average Bonchev–Trinajstić information content (AvgIpc) is 2.79. The highest BCUT2D eigenvalue weighted by Gasteiger charge is 2.12. The van der Waals surface area contributed by atoms with Crippen LogP contribution in [0.3, 0.4) is 0 Å². The minimum absolute atomic E-state index is 0.0474. The van der Waals surface area contributed by atoms with Crippen LogP contribution in [0.1, 0.15) is 36.6 Å². The monoisotopic (exact) mass is 241 g/mol. The Morgan fingerprint density at radius 3 is 2.88 bits per heavy atom. The summed E-state index contributed by atoms with van der Waals surface area (Å²) in [5, 5.41) is 12.1. The predicted octanol–water partition coefficient (Wildman–Crippen LogP) is 1.32. The van der Waals surface area contributed by atoms with E-state index in [9.17, 15) is 4.79 Å². The summed E-state index contributed by atoms with van der Waals surface area (Å²) in [7, 11) is 0. The zero-order chi connectivity index (χ0) is 12.7. The van der Waals surface area contributed by atoms with Gasteiger partial charge in [-0.15, -0.1) is 0 Å². The van der Waals surface area contributed by atoms with Crippen molar-refractivity contribution >= 4 is 5.97 Å². The molecule has 0 radical (unpaired) electrons. The largest absolute Gasteiger partial charge is 0.460 e. The van der Waals surface area contributed by atoms with Crippen molar-refractivity contribution in [2.45, 2.75) is 32.9 Å². The summed E-state index contributed by atoms with van der Waals surface area (Å²) >= 11 is 0. The predicted molar refractivity (Wildman–Crippen MR) is 62.7 cm³/mol. The van der Waals surface area contributed by atoms with Crippen molar-refractivity contribution < 1.29 is 19.1 Å². The highest BCUT2D eigenvalue weighted by molar-refractivity contribution is 5.86. The first-order valence-corrected chi connectivity index (χ1v) is 5.81. The molecule has 0 saturated carbocycles. The van der Waals surface area contributed by atoms with E-state index in [1.54, 1.807) is 19.1 Å². The van der Waals surface area contributed by atoms with E-state index in [1.807, 2.05) is 6.92 Å². The number of esters is 1. The third-order valence-electron chi connectivity index (χ3n) is 2.42. The average molecular weight is 241 g/mol. The molecule has 0 amide bonds. The van der Waals surface area contributed by atoms with Gasteiger partial charge in [-0.1, -0.05) is 6.92 Å². The molecule has 96 valence electrons. The van der Waals surface area contributed by atoms with Crippen LogP contribution in [-0.4, -0.2) is 30.3 Å². The molecule has 5 nitrogen and oxygen atoms in total. The van der Waals surface area contributed by atoms with Crippen LogP contribution in [0.2, 0.25) is 0 Å². The number of rotatable bonds is 7. The topological polar surface area (TPSA) is 71.7 Å². The van der Waals surface area contributed by atoms with Gasteiger partial charge in [-0.05, 0) is 25.5 Å². The Balaban J connectivity index is 2.48. The lowest BCUT2D eigenvalue weighted by Gasteiger charge is -2.12. The van der Waals surface area contributed by atoms with Gasteiger partial charge in [0.25, 0.3) is 0 Å². The molecule has 0 aliphatic carbocycles. The van der Waals surface area contributed by atoms with Gasteiger partial charge in [-0.2, -0.15) is 0 Å². The van der Waals surface area contributed by atoms with Crippen molar-refractivity contribution in [1.29, 1.82) is 0 Å². The second kappa shape index (κ2) is 7.09. The second-order valence-electron chi connectivity index (χ2n) is 3.66. The summed E-state index contributed by atoms with van der Waals surface area (Å²) in [6, 6.07) is 3.37. The van der Waals surface area contributed by atoms with E-state index in [0.29, 0.717) is 18.9 Å². The molecule has 0 bridgehead atoms. The molecular weight excluding hydrogens is 222 g/mol. The van der Waals surface area contributed by atoms with Crippen LogP contribution in [0.5, 0.6) is 0 Å². The zero-order valence-electron chi connectivity index (χ0n) is 10.2. The van der Waals surface area contributed by atoms with E-state index in [2.05, 4.69) is 5.32 Å². The molecule has 1 atom stereocenters. The fraction of sp³-hybridized carbons (Fsp3) is 0.583. The maximum absolute atomic E-state index is 11.3. The van der Waals surface area contributed by atoms with Gasteiger partial charge in [0.15, 0.2) is 0 Å². The minimum atomic E-state index is -0.451. The van der Waals surface area contributed by atoms with Crippen LogP contribution in [-0.2, 0) is 11.3 Å². The lowest BCUT2D eigenvalue weighted by molar-refractivity contribution is 0.0487. The first-order valence-electron chi connectivity index (χ1n) is 5.81. The molecule has 1 aromatic rings. The Morgan fingerprint density at radius 2 is 2.29 bits per heavy atom. The number of aliphatic hydroxyl groups is 1. The molecule has 0 aromatic carbocycles. The highest BCUT2D eigenvalue weighted by atomic mass is 16.5. The molecule has 1 unspecified atom stereocenters. The Hall–Kier alpha value is -1.33. The van der Waals surface area contributed by atoms with Crippen LogP contribution >= 0.6 is 0 Å². The second-order valence-corrected chi connectivity index (χ2v) is 3.66. The standard InChI is InChI=1S/C12H19NO4/c1-3-9(8-14)13-7-10-5-6-11(17-10)12(15)16-4-2/h5-6,9,13-14H,3-4,7-8H2,1-2H3. The van der Waals surface area contributed by atoms with Crippen LogP contribution in [0.15, 0.2) is 16.5 Å². The van der Waals surface area contributed by atoms with Gasteiger partial charge in [-0.25, -0.2) is 4.79 Å². The normalized spacial score (nSPS) is 12.4. The minimum Gasteiger partial charge on any atom is -0.460 e. The number of carbonyl (C=O) groups excluding carboxylic acids is 1. The third kappa shape index (κ3) is 4.20. The van der Waals surface area contributed by atoms with Gasteiger partial charge in [0.1, 0.15) is 5.76 Å². The summed E-state index contributed by atoms with van der Waals surface area (Å²) in [6.07, 6.45) is 0.835. The van der Waals surface area contributed by atoms with Gasteiger partial charge < -0.3 is 19.6 Å². The third-order valence-corrected chi connectivity index (χ3v) is 2.42. The van der Waals surface area contributed by atoms with Crippen LogP contribution in [0, 0.1) is 0 Å². The van der Waals surface area contributed by atoms with Crippen molar-refractivity contribution in [1.82, 2.24) is 5.32 Å². The summed E-state index contributed by atoms with van der Waals surface area (Å²) in [5.41, 5.74) is 0. The smallest absolute Gasteiger partial charge is 0.374 e. The number of furan rings is 1. The molecule has 1 rings (SSSR count). The molecule has 2 N–H and O–H groups in total. The maximum Gasteiger partial charge on any atom is 0.374 e. The summed E-state index contributed by atoms with van der Waals surface area (Å²) < 4.78 is 10.1. The molecule has 0 spiro atoms. The van der Waals surface area contributed by atoms with Gasteiger partial charge in [0.2, 0.25) is 5.76 Å². The maximum atomic E-state index is 11.3. The number of nitrogens with one attached hydrogen (secondary N) is 1. The van der Waals surface area contributed by atoms with Crippen LogP contribution < -0.4 is 5.32 Å². The van der Waals surface area contributed by atoms with Gasteiger partial charge in [0, 0.05) is 6.04 Å². The van der Waals surface area contributed by atoms with Crippen molar-refractivity contribution in [2.24, 2.45) is 0 Å². The van der Waals surface area contributed by atoms with E-state index < -0.39 is 5.97 Å².